The maximum Gasteiger partial charge on any atom is 0.421 e. The van der Waals surface area contributed by atoms with E-state index >= 15 is 0 Å². The van der Waals surface area contributed by atoms with Gasteiger partial charge in [-0.05, 0) is 49.7 Å². The summed E-state index contributed by atoms with van der Waals surface area (Å²) >= 11 is 0. The smallest absolute Gasteiger partial charge is 0.421 e. The van der Waals surface area contributed by atoms with Crippen molar-refractivity contribution < 1.29 is 9.53 Å². The van der Waals surface area contributed by atoms with E-state index in [1.165, 1.54) is 10.9 Å². The summed E-state index contributed by atoms with van der Waals surface area (Å²) in [5.41, 5.74) is 9.02. The van der Waals surface area contributed by atoms with Crippen LogP contribution in [-0.2, 0) is 17.7 Å². The maximum atomic E-state index is 11.5. The molecule has 6 heteroatoms. The number of hydrazine groups is 1. The first-order valence-corrected chi connectivity index (χ1v) is 8.35. The molecule has 0 atom stereocenters. The Balaban J connectivity index is 1.90. The molecule has 0 bridgehead atoms. The molecule has 0 aliphatic carbocycles. The summed E-state index contributed by atoms with van der Waals surface area (Å²) in [7, 11) is 4.16. The number of carbonyl (C=O) groups is 1. The van der Waals surface area contributed by atoms with Crippen molar-refractivity contribution >= 4 is 17.0 Å². The van der Waals surface area contributed by atoms with Gasteiger partial charge in [0.15, 0.2) is 0 Å². The van der Waals surface area contributed by atoms with Crippen LogP contribution in [-0.4, -0.2) is 43.2 Å². The lowest BCUT2D eigenvalue weighted by atomic mass is 10.1. The maximum absolute atomic E-state index is 11.5. The predicted molar refractivity (Wildman–Crippen MR) is 96.7 cm³/mol. The van der Waals surface area contributed by atoms with Gasteiger partial charge in [-0.25, -0.2) is 10.2 Å². The van der Waals surface area contributed by atoms with Gasteiger partial charge < -0.3 is 14.6 Å². The van der Waals surface area contributed by atoms with Crippen molar-refractivity contribution in [1.29, 1.82) is 0 Å². The number of hydrogen-bond acceptors (Lipinski definition) is 4. The number of likely N-dealkylation sites (N-methyl/N-ethyl adjacent to an activating group) is 1. The molecule has 24 heavy (non-hydrogen) atoms. The number of hydrogen-bond donors (Lipinski definition) is 3. The van der Waals surface area contributed by atoms with E-state index in [9.17, 15) is 4.79 Å². The summed E-state index contributed by atoms with van der Waals surface area (Å²) < 4.78 is 5.05. The molecule has 0 fully saturated rings. The van der Waals surface area contributed by atoms with Crippen LogP contribution in [0.4, 0.5) is 4.79 Å². The number of benzene rings is 1. The van der Waals surface area contributed by atoms with Gasteiger partial charge in [0.1, 0.15) is 0 Å². The first-order valence-electron chi connectivity index (χ1n) is 8.35. The molecule has 1 aromatic carbocycles. The fraction of sp³-hybridized carbons (Fsp3) is 0.500. The van der Waals surface area contributed by atoms with Crippen LogP contribution < -0.4 is 10.9 Å². The van der Waals surface area contributed by atoms with E-state index in [1.54, 1.807) is 0 Å². The number of fused-ring (bicyclic) bond motifs is 1. The van der Waals surface area contributed by atoms with Crippen LogP contribution in [0.1, 0.15) is 25.0 Å². The second kappa shape index (κ2) is 8.70. The second-order valence-electron chi connectivity index (χ2n) is 6.72. The molecule has 0 saturated carbocycles. The summed E-state index contributed by atoms with van der Waals surface area (Å²) in [4.78, 5) is 17.0. The molecule has 3 N–H and O–H groups in total. The zero-order valence-electron chi connectivity index (χ0n) is 15.0. The Kier molecular flexibility index (Phi) is 6.63. The van der Waals surface area contributed by atoms with Crippen molar-refractivity contribution in [2.75, 3.05) is 27.2 Å². The van der Waals surface area contributed by atoms with Crippen LogP contribution >= 0.6 is 0 Å². The molecular weight excluding hydrogens is 304 g/mol. The standard InChI is InChI=1S/C18H28N4O2/c1-13(2)12-24-18(23)21-20-10-14-5-6-17-16(9-14)15(11-19-17)7-8-22(3)4/h5-6,9,11,13,19-20H,7-8,10,12H2,1-4H3,(H,21,23). The van der Waals surface area contributed by atoms with Gasteiger partial charge in [0.25, 0.3) is 0 Å². The van der Waals surface area contributed by atoms with Gasteiger partial charge in [0.05, 0.1) is 6.61 Å². The lowest BCUT2D eigenvalue weighted by Gasteiger charge is -2.10. The number of ether oxygens (including phenoxy) is 1. The van der Waals surface area contributed by atoms with E-state index in [4.69, 9.17) is 4.74 Å². The fourth-order valence-electron chi connectivity index (χ4n) is 2.38. The molecule has 0 radical (unpaired) electrons. The Morgan fingerprint density at radius 1 is 1.33 bits per heavy atom. The molecule has 0 unspecified atom stereocenters. The Morgan fingerprint density at radius 2 is 2.12 bits per heavy atom. The molecule has 2 rings (SSSR count). The molecular formula is C18H28N4O2. The Hall–Kier alpha value is -2.05. The van der Waals surface area contributed by atoms with Gasteiger partial charge >= 0.3 is 6.09 Å². The van der Waals surface area contributed by atoms with Crippen molar-refractivity contribution in [3.8, 4) is 0 Å². The van der Waals surface area contributed by atoms with E-state index in [-0.39, 0.29) is 0 Å². The Labute approximate surface area is 143 Å². The van der Waals surface area contributed by atoms with Crippen molar-refractivity contribution in [2.24, 2.45) is 5.92 Å². The molecule has 0 saturated heterocycles. The highest BCUT2D eigenvalue weighted by Gasteiger charge is 2.06. The fourth-order valence-corrected chi connectivity index (χ4v) is 2.38. The lowest BCUT2D eigenvalue weighted by Crippen LogP contribution is -2.37. The molecule has 1 heterocycles. The van der Waals surface area contributed by atoms with Crippen LogP contribution in [0.2, 0.25) is 0 Å². The minimum atomic E-state index is -0.446. The van der Waals surface area contributed by atoms with Gasteiger partial charge in [-0.2, -0.15) is 0 Å². The third-order valence-electron chi connectivity index (χ3n) is 3.69. The van der Waals surface area contributed by atoms with Gasteiger partial charge in [-0.3, -0.25) is 5.43 Å². The van der Waals surface area contributed by atoms with Gasteiger partial charge in [-0.15, -0.1) is 0 Å². The average Bonchev–Trinajstić information content (AvgIpc) is 2.93. The summed E-state index contributed by atoms with van der Waals surface area (Å²) in [6.07, 6.45) is 2.63. The number of amides is 1. The van der Waals surface area contributed by atoms with Crippen molar-refractivity contribution in [2.45, 2.75) is 26.8 Å². The highest BCUT2D eigenvalue weighted by atomic mass is 16.6. The quantitative estimate of drug-likeness (QED) is 0.650. The number of nitrogens with one attached hydrogen (secondary N) is 3. The Morgan fingerprint density at radius 3 is 2.83 bits per heavy atom. The number of rotatable bonds is 8. The zero-order valence-corrected chi connectivity index (χ0v) is 15.0. The van der Waals surface area contributed by atoms with Crippen LogP contribution in [0, 0.1) is 5.92 Å². The van der Waals surface area contributed by atoms with E-state index in [2.05, 4.69) is 53.2 Å². The Bertz CT molecular complexity index is 664. The summed E-state index contributed by atoms with van der Waals surface area (Å²) in [6.45, 7) is 5.98. The van der Waals surface area contributed by atoms with E-state index < -0.39 is 6.09 Å². The van der Waals surface area contributed by atoms with Gasteiger partial charge in [-0.1, -0.05) is 19.9 Å². The van der Waals surface area contributed by atoms with Gasteiger partial charge in [0, 0.05) is 30.2 Å². The molecule has 0 spiro atoms. The SMILES string of the molecule is CC(C)COC(=O)NNCc1ccc2[nH]cc(CCN(C)C)c2c1. The lowest BCUT2D eigenvalue weighted by molar-refractivity contribution is 0.128. The predicted octanol–water partition coefficient (Wildman–Crippen LogP) is 2.66. The average molecular weight is 332 g/mol. The van der Waals surface area contributed by atoms with Crippen LogP contribution in [0.5, 0.6) is 0 Å². The number of aromatic amines is 1. The number of carbonyl (C=O) groups excluding carboxylic acids is 1. The highest BCUT2D eigenvalue weighted by molar-refractivity contribution is 5.83. The molecule has 0 aliphatic heterocycles. The molecule has 132 valence electrons. The molecule has 0 aliphatic rings. The molecule has 1 amide bonds. The van der Waals surface area contributed by atoms with Crippen molar-refractivity contribution in [3.63, 3.8) is 0 Å². The summed E-state index contributed by atoms with van der Waals surface area (Å²) in [6, 6.07) is 6.27. The van der Waals surface area contributed by atoms with Crippen LogP contribution in [0.3, 0.4) is 0 Å². The van der Waals surface area contributed by atoms with Gasteiger partial charge in [0.2, 0.25) is 0 Å². The highest BCUT2D eigenvalue weighted by Crippen LogP contribution is 2.20. The minimum Gasteiger partial charge on any atom is -0.448 e. The van der Waals surface area contributed by atoms with Crippen molar-refractivity contribution in [3.05, 3.63) is 35.5 Å². The first kappa shape index (κ1) is 18.3. The summed E-state index contributed by atoms with van der Waals surface area (Å²) in [5, 5.41) is 1.23. The van der Waals surface area contributed by atoms with E-state index in [0.717, 1.165) is 24.0 Å². The largest absolute Gasteiger partial charge is 0.448 e. The summed E-state index contributed by atoms with van der Waals surface area (Å²) in [5.74, 6) is 0.326. The second-order valence-corrected chi connectivity index (χ2v) is 6.72. The molecule has 2 aromatic rings. The van der Waals surface area contributed by atoms with E-state index in [1.807, 2.05) is 19.9 Å². The van der Waals surface area contributed by atoms with Crippen LogP contribution in [0.15, 0.2) is 24.4 Å². The normalized spacial score (nSPS) is 11.4. The topological polar surface area (TPSA) is 69.4 Å². The first-order chi connectivity index (χ1) is 11.5. The monoisotopic (exact) mass is 332 g/mol. The number of nitrogens with zero attached hydrogens (tertiary/aromatic N) is 1. The third kappa shape index (κ3) is 5.54. The van der Waals surface area contributed by atoms with Crippen molar-refractivity contribution in [1.82, 2.24) is 20.7 Å². The third-order valence-corrected chi connectivity index (χ3v) is 3.69. The van der Waals surface area contributed by atoms with Crippen LogP contribution in [0.25, 0.3) is 10.9 Å². The van der Waals surface area contributed by atoms with E-state index in [0.29, 0.717) is 19.1 Å². The minimum absolute atomic E-state index is 0.326. The number of aromatic nitrogens is 1. The molecule has 6 nitrogen and oxygen atoms in total. The number of H-pyrrole nitrogens is 1. The molecule has 1 aromatic heterocycles. The zero-order chi connectivity index (χ0) is 17.5.